The largest absolute Gasteiger partial charge is 0.496 e. The van der Waals surface area contributed by atoms with Crippen LogP contribution in [0.3, 0.4) is 0 Å². The first kappa shape index (κ1) is 13.2. The minimum atomic E-state index is 0.158. The van der Waals surface area contributed by atoms with E-state index >= 15 is 0 Å². The molecule has 18 heavy (non-hydrogen) atoms. The molecule has 1 heteroatoms. The Balaban J connectivity index is 2.32. The second-order valence-corrected chi connectivity index (χ2v) is 6.00. The molecule has 1 aliphatic carbocycles. The maximum Gasteiger partial charge on any atom is 0.122 e. The molecule has 1 aliphatic rings. The highest BCUT2D eigenvalue weighted by atomic mass is 16.5. The van der Waals surface area contributed by atoms with Crippen LogP contribution in [0.25, 0.3) is 0 Å². The molecule has 0 heterocycles. The SMILES string of the molecule is COc1ccccc1C(C)(C)C1CC=CC(C)C1. The van der Waals surface area contributed by atoms with Gasteiger partial charge in [-0.15, -0.1) is 0 Å². The van der Waals surface area contributed by atoms with Gasteiger partial charge in [0.25, 0.3) is 0 Å². The lowest BCUT2D eigenvalue weighted by atomic mass is 9.67. The monoisotopic (exact) mass is 244 g/mol. The van der Waals surface area contributed by atoms with Gasteiger partial charge in [0.05, 0.1) is 7.11 Å². The summed E-state index contributed by atoms with van der Waals surface area (Å²) in [6, 6.07) is 8.44. The first-order valence-electron chi connectivity index (χ1n) is 6.86. The van der Waals surface area contributed by atoms with E-state index in [4.69, 9.17) is 4.74 Å². The van der Waals surface area contributed by atoms with Crippen LogP contribution in [0.1, 0.15) is 39.2 Å². The Hall–Kier alpha value is -1.24. The molecule has 0 spiro atoms. The molecule has 0 aliphatic heterocycles. The highest BCUT2D eigenvalue weighted by Crippen LogP contribution is 2.43. The molecule has 0 saturated carbocycles. The quantitative estimate of drug-likeness (QED) is 0.707. The van der Waals surface area contributed by atoms with Gasteiger partial charge in [0.15, 0.2) is 0 Å². The summed E-state index contributed by atoms with van der Waals surface area (Å²) in [5.74, 6) is 2.40. The zero-order valence-electron chi connectivity index (χ0n) is 11.9. The average Bonchev–Trinajstić information content (AvgIpc) is 2.38. The Morgan fingerprint density at radius 3 is 2.61 bits per heavy atom. The third-order valence-corrected chi connectivity index (χ3v) is 4.36. The summed E-state index contributed by atoms with van der Waals surface area (Å²) in [6.45, 7) is 7.00. The van der Waals surface area contributed by atoms with Crippen LogP contribution >= 0.6 is 0 Å². The molecule has 98 valence electrons. The van der Waals surface area contributed by atoms with Crippen molar-refractivity contribution in [2.45, 2.75) is 39.0 Å². The van der Waals surface area contributed by atoms with Crippen molar-refractivity contribution in [3.8, 4) is 5.75 Å². The van der Waals surface area contributed by atoms with Gasteiger partial charge in [-0.1, -0.05) is 51.1 Å². The predicted molar refractivity (Wildman–Crippen MR) is 77.0 cm³/mol. The first-order chi connectivity index (χ1) is 8.55. The van der Waals surface area contributed by atoms with Crippen LogP contribution in [0.5, 0.6) is 5.75 Å². The van der Waals surface area contributed by atoms with Crippen molar-refractivity contribution in [3.63, 3.8) is 0 Å². The van der Waals surface area contributed by atoms with E-state index in [2.05, 4.69) is 51.1 Å². The Bertz CT molecular complexity index is 431. The molecule has 0 bridgehead atoms. The van der Waals surface area contributed by atoms with Crippen LogP contribution in [0.15, 0.2) is 36.4 Å². The number of hydrogen-bond acceptors (Lipinski definition) is 1. The van der Waals surface area contributed by atoms with Crippen LogP contribution in [-0.4, -0.2) is 7.11 Å². The van der Waals surface area contributed by atoms with E-state index in [0.29, 0.717) is 11.8 Å². The summed E-state index contributed by atoms with van der Waals surface area (Å²) in [7, 11) is 1.76. The van der Waals surface area contributed by atoms with Crippen LogP contribution in [0, 0.1) is 11.8 Å². The number of para-hydroxylation sites is 1. The number of allylic oxidation sites excluding steroid dienone is 2. The zero-order chi connectivity index (χ0) is 13.2. The molecule has 0 amide bonds. The van der Waals surface area contributed by atoms with Crippen molar-refractivity contribution in [1.82, 2.24) is 0 Å². The topological polar surface area (TPSA) is 9.23 Å². The third kappa shape index (κ3) is 2.45. The summed E-state index contributed by atoms with van der Waals surface area (Å²) in [5, 5.41) is 0. The van der Waals surface area contributed by atoms with Gasteiger partial charge in [0.1, 0.15) is 5.75 Å². The van der Waals surface area contributed by atoms with Gasteiger partial charge in [-0.05, 0) is 36.2 Å². The summed E-state index contributed by atoms with van der Waals surface area (Å²) >= 11 is 0. The fraction of sp³-hybridized carbons (Fsp3) is 0.529. The zero-order valence-corrected chi connectivity index (χ0v) is 11.9. The Morgan fingerprint density at radius 2 is 1.94 bits per heavy atom. The molecule has 0 saturated heterocycles. The number of benzene rings is 1. The van der Waals surface area contributed by atoms with E-state index in [-0.39, 0.29) is 5.41 Å². The van der Waals surface area contributed by atoms with Crippen molar-refractivity contribution in [2.24, 2.45) is 11.8 Å². The highest BCUT2D eigenvalue weighted by Gasteiger charge is 2.34. The van der Waals surface area contributed by atoms with E-state index in [0.717, 1.165) is 5.75 Å². The molecule has 0 N–H and O–H groups in total. The lowest BCUT2D eigenvalue weighted by Gasteiger charge is -2.38. The van der Waals surface area contributed by atoms with E-state index in [1.54, 1.807) is 7.11 Å². The second kappa shape index (κ2) is 5.17. The fourth-order valence-electron chi connectivity index (χ4n) is 3.08. The van der Waals surface area contributed by atoms with Gasteiger partial charge < -0.3 is 4.74 Å². The Labute approximate surface area is 111 Å². The van der Waals surface area contributed by atoms with Crippen molar-refractivity contribution in [2.75, 3.05) is 7.11 Å². The molecule has 2 atom stereocenters. The van der Waals surface area contributed by atoms with E-state index in [1.807, 2.05) is 6.07 Å². The van der Waals surface area contributed by atoms with Crippen molar-refractivity contribution < 1.29 is 4.74 Å². The van der Waals surface area contributed by atoms with Crippen LogP contribution in [0.2, 0.25) is 0 Å². The number of rotatable bonds is 3. The number of hydrogen-bond donors (Lipinski definition) is 0. The lowest BCUT2D eigenvalue weighted by Crippen LogP contribution is -2.31. The number of ether oxygens (including phenoxy) is 1. The summed E-state index contributed by atoms with van der Waals surface area (Å²) in [6.07, 6.45) is 7.13. The second-order valence-electron chi connectivity index (χ2n) is 6.00. The van der Waals surface area contributed by atoms with Crippen LogP contribution in [-0.2, 0) is 5.41 Å². The van der Waals surface area contributed by atoms with Crippen LogP contribution in [0.4, 0.5) is 0 Å². The van der Waals surface area contributed by atoms with Gasteiger partial charge in [0.2, 0.25) is 0 Å². The molecule has 1 aromatic rings. The van der Waals surface area contributed by atoms with Gasteiger partial charge in [-0.3, -0.25) is 0 Å². The number of methoxy groups -OCH3 is 1. The Kier molecular flexibility index (Phi) is 3.79. The molecule has 0 fully saturated rings. The summed E-state index contributed by atoms with van der Waals surface area (Å²) in [5.41, 5.74) is 1.49. The minimum Gasteiger partial charge on any atom is -0.496 e. The van der Waals surface area contributed by atoms with Crippen molar-refractivity contribution in [3.05, 3.63) is 42.0 Å². The van der Waals surface area contributed by atoms with Crippen molar-refractivity contribution in [1.29, 1.82) is 0 Å². The smallest absolute Gasteiger partial charge is 0.122 e. The third-order valence-electron chi connectivity index (χ3n) is 4.36. The molecule has 2 unspecified atom stereocenters. The van der Waals surface area contributed by atoms with Crippen LogP contribution < -0.4 is 4.74 Å². The lowest BCUT2D eigenvalue weighted by molar-refractivity contribution is 0.260. The predicted octanol–water partition coefficient (Wildman–Crippen LogP) is 4.58. The van der Waals surface area contributed by atoms with E-state index < -0.39 is 0 Å². The Morgan fingerprint density at radius 1 is 1.22 bits per heavy atom. The molecule has 0 radical (unpaired) electrons. The normalized spacial score (nSPS) is 24.0. The average molecular weight is 244 g/mol. The summed E-state index contributed by atoms with van der Waals surface area (Å²) < 4.78 is 5.53. The standard InChI is InChI=1S/C17H24O/c1-13-8-7-9-14(12-13)17(2,3)15-10-5-6-11-16(15)18-4/h5-8,10-11,13-14H,9,12H2,1-4H3. The maximum atomic E-state index is 5.53. The van der Waals surface area contributed by atoms with E-state index in [1.165, 1.54) is 18.4 Å². The molecular formula is C17H24O. The molecule has 2 rings (SSSR count). The fourth-order valence-corrected chi connectivity index (χ4v) is 3.08. The molecule has 0 aromatic heterocycles. The van der Waals surface area contributed by atoms with E-state index in [9.17, 15) is 0 Å². The van der Waals surface area contributed by atoms with Gasteiger partial charge in [-0.25, -0.2) is 0 Å². The van der Waals surface area contributed by atoms with Gasteiger partial charge >= 0.3 is 0 Å². The summed E-state index contributed by atoms with van der Waals surface area (Å²) in [4.78, 5) is 0. The maximum absolute atomic E-state index is 5.53. The molecule has 1 aromatic carbocycles. The van der Waals surface area contributed by atoms with Crippen molar-refractivity contribution >= 4 is 0 Å². The molecule has 1 nitrogen and oxygen atoms in total. The highest BCUT2D eigenvalue weighted by molar-refractivity contribution is 5.39. The van der Waals surface area contributed by atoms with Gasteiger partial charge in [0, 0.05) is 5.56 Å². The first-order valence-corrected chi connectivity index (χ1v) is 6.86. The van der Waals surface area contributed by atoms with Gasteiger partial charge in [-0.2, -0.15) is 0 Å². The molecular weight excluding hydrogens is 220 g/mol. The minimum absolute atomic E-state index is 0.158.